The predicted molar refractivity (Wildman–Crippen MR) is 53.6 cm³/mol. The first-order chi connectivity index (χ1) is 6.51. The van der Waals surface area contributed by atoms with Gasteiger partial charge < -0.3 is 10.1 Å². The highest BCUT2D eigenvalue weighted by Gasteiger charge is 2.19. The number of ether oxygens (including phenoxy) is 1. The zero-order valence-electron chi connectivity index (χ0n) is 8.87. The van der Waals surface area contributed by atoms with Gasteiger partial charge in [0.15, 0.2) is 0 Å². The molecular weight excluding hydrogens is 182 g/mol. The average Bonchev–Trinajstić information content (AvgIpc) is 2.12. The van der Waals surface area contributed by atoms with E-state index in [1.807, 2.05) is 0 Å². The van der Waals surface area contributed by atoms with Crippen molar-refractivity contribution < 1.29 is 14.3 Å². The molecule has 0 heterocycles. The Kier molecular flexibility index (Phi) is 5.60. The number of nitrogens with one attached hydrogen (secondary N) is 1. The van der Waals surface area contributed by atoms with Crippen molar-refractivity contribution in [1.82, 2.24) is 5.32 Å². The number of amides is 1. The molecule has 0 saturated carbocycles. The van der Waals surface area contributed by atoms with E-state index in [9.17, 15) is 9.59 Å². The molecule has 0 fully saturated rings. The lowest BCUT2D eigenvalue weighted by Crippen LogP contribution is -2.41. The van der Waals surface area contributed by atoms with E-state index < -0.39 is 12.0 Å². The van der Waals surface area contributed by atoms with Crippen molar-refractivity contribution in [3.05, 3.63) is 12.7 Å². The first-order valence-corrected chi connectivity index (χ1v) is 4.64. The van der Waals surface area contributed by atoms with E-state index in [4.69, 9.17) is 4.74 Å². The molecule has 0 aliphatic rings. The monoisotopic (exact) mass is 199 g/mol. The Morgan fingerprint density at radius 2 is 2.07 bits per heavy atom. The second-order valence-electron chi connectivity index (χ2n) is 3.16. The van der Waals surface area contributed by atoms with Crippen molar-refractivity contribution in [3.8, 4) is 0 Å². The largest absolute Gasteiger partial charge is 0.461 e. The lowest BCUT2D eigenvalue weighted by atomic mass is 10.2. The number of rotatable bonds is 5. The fourth-order valence-electron chi connectivity index (χ4n) is 0.873. The van der Waals surface area contributed by atoms with Crippen LogP contribution in [0.4, 0.5) is 0 Å². The summed E-state index contributed by atoms with van der Waals surface area (Å²) in [5.41, 5.74) is 0. The van der Waals surface area contributed by atoms with E-state index in [1.54, 1.807) is 20.8 Å². The molecule has 80 valence electrons. The van der Waals surface area contributed by atoms with Gasteiger partial charge in [-0.3, -0.25) is 4.79 Å². The molecule has 1 amide bonds. The molecule has 14 heavy (non-hydrogen) atoms. The Hall–Kier alpha value is -1.32. The van der Waals surface area contributed by atoms with Crippen molar-refractivity contribution in [2.75, 3.05) is 0 Å². The first kappa shape index (κ1) is 12.7. The van der Waals surface area contributed by atoms with Crippen molar-refractivity contribution >= 4 is 11.9 Å². The smallest absolute Gasteiger partial charge is 0.328 e. The molecule has 0 aromatic heterocycles. The lowest BCUT2D eigenvalue weighted by Gasteiger charge is -2.16. The molecule has 1 atom stereocenters. The van der Waals surface area contributed by atoms with Crippen LogP contribution in [0.5, 0.6) is 0 Å². The molecule has 0 bridgehead atoms. The van der Waals surface area contributed by atoms with Gasteiger partial charge in [0.25, 0.3) is 0 Å². The quantitative estimate of drug-likeness (QED) is 0.531. The second kappa shape index (κ2) is 6.18. The summed E-state index contributed by atoms with van der Waals surface area (Å²) < 4.78 is 4.96. The predicted octanol–water partition coefficient (Wildman–Crippen LogP) is 1.02. The molecular formula is C10H17NO3. The van der Waals surface area contributed by atoms with Crippen LogP contribution < -0.4 is 5.32 Å². The second-order valence-corrected chi connectivity index (χ2v) is 3.16. The Labute approximate surface area is 84.3 Å². The van der Waals surface area contributed by atoms with Crippen LogP contribution in [0.15, 0.2) is 12.7 Å². The van der Waals surface area contributed by atoms with E-state index in [2.05, 4.69) is 11.9 Å². The topological polar surface area (TPSA) is 55.4 Å². The lowest BCUT2D eigenvalue weighted by molar-refractivity contribution is -0.151. The van der Waals surface area contributed by atoms with Crippen LogP contribution in [0.3, 0.4) is 0 Å². The fourth-order valence-corrected chi connectivity index (χ4v) is 0.873. The summed E-state index contributed by atoms with van der Waals surface area (Å²) in [6, 6.07) is -0.581. The average molecular weight is 199 g/mol. The van der Waals surface area contributed by atoms with Gasteiger partial charge >= 0.3 is 5.97 Å². The van der Waals surface area contributed by atoms with Crippen molar-refractivity contribution in [2.45, 2.75) is 39.3 Å². The number of esters is 1. The van der Waals surface area contributed by atoms with Crippen LogP contribution in [-0.2, 0) is 14.3 Å². The molecule has 0 aromatic rings. The third kappa shape index (κ3) is 4.64. The van der Waals surface area contributed by atoms with Crippen molar-refractivity contribution in [1.29, 1.82) is 0 Å². The third-order valence-electron chi connectivity index (χ3n) is 1.55. The summed E-state index contributed by atoms with van der Waals surface area (Å²) in [4.78, 5) is 22.3. The van der Waals surface area contributed by atoms with Crippen LogP contribution in [0, 0.1) is 0 Å². The molecule has 1 unspecified atom stereocenters. The van der Waals surface area contributed by atoms with Gasteiger partial charge in [0, 0.05) is 0 Å². The summed E-state index contributed by atoms with van der Waals surface area (Å²) in [7, 11) is 0. The van der Waals surface area contributed by atoms with Crippen LogP contribution >= 0.6 is 0 Å². The molecule has 0 aliphatic heterocycles. The highest BCUT2D eigenvalue weighted by molar-refractivity contribution is 5.91. The van der Waals surface area contributed by atoms with Gasteiger partial charge in [0.2, 0.25) is 5.91 Å². The molecule has 0 aliphatic carbocycles. The summed E-state index contributed by atoms with van der Waals surface area (Å²) in [6.07, 6.45) is 1.47. The van der Waals surface area contributed by atoms with E-state index in [0.29, 0.717) is 6.42 Å². The van der Waals surface area contributed by atoms with Crippen LogP contribution in [-0.4, -0.2) is 24.0 Å². The minimum atomic E-state index is -0.581. The standard InChI is InChI=1S/C10H17NO3/c1-5-8(11-9(12)6-2)10(13)14-7(3)4/h6-8H,2,5H2,1,3-4H3,(H,11,12). The third-order valence-corrected chi connectivity index (χ3v) is 1.55. The van der Waals surface area contributed by atoms with E-state index in [0.717, 1.165) is 6.08 Å². The molecule has 4 heteroatoms. The summed E-state index contributed by atoms with van der Waals surface area (Å²) in [6.45, 7) is 8.63. The molecule has 4 nitrogen and oxygen atoms in total. The van der Waals surface area contributed by atoms with Gasteiger partial charge in [0.05, 0.1) is 6.10 Å². The summed E-state index contributed by atoms with van der Waals surface area (Å²) >= 11 is 0. The molecule has 0 spiro atoms. The van der Waals surface area contributed by atoms with Crippen LogP contribution in [0.25, 0.3) is 0 Å². The van der Waals surface area contributed by atoms with Gasteiger partial charge in [-0.1, -0.05) is 13.5 Å². The Morgan fingerprint density at radius 1 is 1.50 bits per heavy atom. The Morgan fingerprint density at radius 3 is 2.43 bits per heavy atom. The Bertz CT molecular complexity index is 223. The molecule has 0 saturated heterocycles. The first-order valence-electron chi connectivity index (χ1n) is 4.64. The normalized spacial score (nSPS) is 12.0. The Balaban J connectivity index is 4.18. The fraction of sp³-hybridized carbons (Fsp3) is 0.600. The van der Waals surface area contributed by atoms with Crippen LogP contribution in [0.2, 0.25) is 0 Å². The summed E-state index contributed by atoms with van der Waals surface area (Å²) in [5.74, 6) is -0.768. The maximum Gasteiger partial charge on any atom is 0.328 e. The minimum absolute atomic E-state index is 0.169. The molecule has 0 aromatic carbocycles. The number of carbonyl (C=O) groups excluding carboxylic acids is 2. The van der Waals surface area contributed by atoms with Crippen LogP contribution in [0.1, 0.15) is 27.2 Å². The molecule has 0 rings (SSSR count). The minimum Gasteiger partial charge on any atom is -0.461 e. The van der Waals surface area contributed by atoms with Crippen molar-refractivity contribution in [3.63, 3.8) is 0 Å². The number of hydrogen-bond acceptors (Lipinski definition) is 3. The SMILES string of the molecule is C=CC(=O)NC(CC)C(=O)OC(C)C. The van der Waals surface area contributed by atoms with Gasteiger partial charge in [-0.25, -0.2) is 4.79 Å². The highest BCUT2D eigenvalue weighted by Crippen LogP contribution is 1.98. The maximum atomic E-state index is 11.4. The number of carbonyl (C=O) groups is 2. The maximum absolute atomic E-state index is 11.4. The van der Waals surface area contributed by atoms with Crippen molar-refractivity contribution in [2.24, 2.45) is 0 Å². The van der Waals surface area contributed by atoms with Gasteiger partial charge in [-0.05, 0) is 26.3 Å². The van der Waals surface area contributed by atoms with E-state index in [1.165, 1.54) is 0 Å². The highest BCUT2D eigenvalue weighted by atomic mass is 16.5. The van der Waals surface area contributed by atoms with Gasteiger partial charge in [-0.15, -0.1) is 0 Å². The van der Waals surface area contributed by atoms with Gasteiger partial charge in [0.1, 0.15) is 6.04 Å². The zero-order chi connectivity index (χ0) is 11.1. The number of hydrogen-bond donors (Lipinski definition) is 1. The summed E-state index contributed by atoms with van der Waals surface area (Å²) in [5, 5.41) is 2.49. The molecule has 0 radical (unpaired) electrons. The zero-order valence-corrected chi connectivity index (χ0v) is 8.87. The van der Waals surface area contributed by atoms with E-state index >= 15 is 0 Å². The molecule has 1 N–H and O–H groups in total. The van der Waals surface area contributed by atoms with Gasteiger partial charge in [-0.2, -0.15) is 0 Å². The van der Waals surface area contributed by atoms with E-state index in [-0.39, 0.29) is 12.0 Å².